The maximum atomic E-state index is 12.0. The number of hydrogen-bond acceptors (Lipinski definition) is 3. The van der Waals surface area contributed by atoms with Crippen LogP contribution in [0.5, 0.6) is 0 Å². The van der Waals surface area contributed by atoms with Crippen molar-refractivity contribution < 1.29 is 18.0 Å². The van der Waals surface area contributed by atoms with Gasteiger partial charge in [-0.15, -0.1) is 0 Å². The average molecular weight is 275 g/mol. The van der Waals surface area contributed by atoms with Gasteiger partial charge in [0.25, 0.3) is 0 Å². The van der Waals surface area contributed by atoms with E-state index in [4.69, 9.17) is 0 Å². The maximum Gasteiger partial charge on any atom is 0.405 e. The molecule has 19 heavy (non-hydrogen) atoms. The molecule has 0 fully saturated rings. The number of carbonyl (C=O) groups excluding carboxylic acids is 1. The first-order valence-corrected chi connectivity index (χ1v) is 5.80. The second-order valence-corrected chi connectivity index (χ2v) is 4.23. The lowest BCUT2D eigenvalue weighted by Gasteiger charge is -2.20. The van der Waals surface area contributed by atoms with Crippen LogP contribution in [-0.4, -0.2) is 29.7 Å². The number of carbonyl (C=O) groups is 1. The molecule has 1 unspecified atom stereocenters. The lowest BCUT2D eigenvalue weighted by molar-refractivity contribution is -0.139. The van der Waals surface area contributed by atoms with E-state index in [0.29, 0.717) is 0 Å². The SMILES string of the molecule is CC(N[C@@H](C)c1cccnc1)C(=O)NCC(F)(F)F. The number of pyridine rings is 1. The Morgan fingerprint density at radius 2 is 2.11 bits per heavy atom. The van der Waals surface area contributed by atoms with Crippen molar-refractivity contribution >= 4 is 5.91 Å². The lowest BCUT2D eigenvalue weighted by atomic mass is 10.1. The molecule has 1 rings (SSSR count). The van der Waals surface area contributed by atoms with Gasteiger partial charge in [-0.05, 0) is 25.5 Å². The molecule has 1 aromatic rings. The van der Waals surface area contributed by atoms with E-state index in [2.05, 4.69) is 10.3 Å². The van der Waals surface area contributed by atoms with Gasteiger partial charge in [-0.2, -0.15) is 13.2 Å². The zero-order valence-electron chi connectivity index (χ0n) is 10.7. The molecular formula is C12H16F3N3O. The quantitative estimate of drug-likeness (QED) is 0.861. The summed E-state index contributed by atoms with van der Waals surface area (Å²) in [4.78, 5) is 15.4. The molecule has 0 radical (unpaired) electrons. The van der Waals surface area contributed by atoms with Gasteiger partial charge in [-0.3, -0.25) is 15.1 Å². The van der Waals surface area contributed by atoms with E-state index < -0.39 is 24.7 Å². The second-order valence-electron chi connectivity index (χ2n) is 4.23. The topological polar surface area (TPSA) is 54.0 Å². The summed E-state index contributed by atoms with van der Waals surface area (Å²) in [6.07, 6.45) is -1.14. The van der Waals surface area contributed by atoms with Gasteiger partial charge in [0.05, 0.1) is 6.04 Å². The van der Waals surface area contributed by atoms with Crippen LogP contribution in [-0.2, 0) is 4.79 Å². The second kappa shape index (κ2) is 6.51. The summed E-state index contributed by atoms with van der Waals surface area (Å²) in [5.74, 6) is -0.687. The highest BCUT2D eigenvalue weighted by Crippen LogP contribution is 2.13. The van der Waals surface area contributed by atoms with E-state index in [1.165, 1.54) is 6.92 Å². The van der Waals surface area contributed by atoms with Crippen LogP contribution in [0.4, 0.5) is 13.2 Å². The molecule has 0 bridgehead atoms. The number of nitrogens with one attached hydrogen (secondary N) is 2. The largest absolute Gasteiger partial charge is 0.405 e. The van der Waals surface area contributed by atoms with E-state index in [9.17, 15) is 18.0 Å². The molecule has 0 saturated carbocycles. The fraction of sp³-hybridized carbons (Fsp3) is 0.500. The number of rotatable bonds is 5. The first kappa shape index (κ1) is 15.4. The summed E-state index contributed by atoms with van der Waals surface area (Å²) in [6, 6.07) is 2.67. The fourth-order valence-electron chi connectivity index (χ4n) is 1.52. The number of aromatic nitrogens is 1. The summed E-state index contributed by atoms with van der Waals surface area (Å²) < 4.78 is 35.9. The van der Waals surface area contributed by atoms with Crippen LogP contribution in [0.3, 0.4) is 0 Å². The normalized spacial score (nSPS) is 14.8. The van der Waals surface area contributed by atoms with E-state index in [1.54, 1.807) is 18.5 Å². The van der Waals surface area contributed by atoms with Gasteiger partial charge in [0.1, 0.15) is 6.54 Å². The molecule has 0 spiro atoms. The van der Waals surface area contributed by atoms with Gasteiger partial charge in [-0.1, -0.05) is 6.07 Å². The first-order valence-electron chi connectivity index (χ1n) is 5.80. The van der Waals surface area contributed by atoms with Crippen molar-refractivity contribution in [1.82, 2.24) is 15.6 Å². The van der Waals surface area contributed by atoms with Gasteiger partial charge in [0.15, 0.2) is 0 Å². The Kier molecular flexibility index (Phi) is 5.29. The molecule has 2 atom stereocenters. The van der Waals surface area contributed by atoms with Crippen molar-refractivity contribution in [3.8, 4) is 0 Å². The molecule has 0 aliphatic heterocycles. The molecule has 0 saturated heterocycles. The highest BCUT2D eigenvalue weighted by Gasteiger charge is 2.28. The monoisotopic (exact) mass is 275 g/mol. The Bertz CT molecular complexity index is 408. The van der Waals surface area contributed by atoms with Crippen molar-refractivity contribution in [3.63, 3.8) is 0 Å². The maximum absolute atomic E-state index is 12.0. The average Bonchev–Trinajstić information content (AvgIpc) is 2.36. The summed E-state index contributed by atoms with van der Waals surface area (Å²) in [6.45, 7) is 2.00. The Balaban J connectivity index is 2.46. The molecule has 0 aliphatic rings. The first-order chi connectivity index (χ1) is 8.79. The van der Waals surface area contributed by atoms with E-state index in [1.807, 2.05) is 18.3 Å². The third kappa shape index (κ3) is 5.69. The van der Waals surface area contributed by atoms with Gasteiger partial charge < -0.3 is 5.32 Å². The zero-order valence-corrected chi connectivity index (χ0v) is 10.7. The Morgan fingerprint density at radius 3 is 2.63 bits per heavy atom. The molecule has 0 aromatic carbocycles. The van der Waals surface area contributed by atoms with Crippen LogP contribution in [0, 0.1) is 0 Å². The Morgan fingerprint density at radius 1 is 1.42 bits per heavy atom. The molecule has 106 valence electrons. The summed E-state index contributed by atoms with van der Waals surface area (Å²) in [5.41, 5.74) is 0.859. The minimum Gasteiger partial charge on any atom is -0.346 e. The summed E-state index contributed by atoms with van der Waals surface area (Å²) in [5, 5.41) is 4.75. The minimum atomic E-state index is -4.40. The van der Waals surface area contributed by atoms with Crippen LogP contribution in [0.1, 0.15) is 25.5 Å². The van der Waals surface area contributed by atoms with Crippen LogP contribution in [0.25, 0.3) is 0 Å². The van der Waals surface area contributed by atoms with Crippen molar-refractivity contribution in [2.24, 2.45) is 0 Å². The number of nitrogens with zero attached hydrogens (tertiary/aromatic N) is 1. The van der Waals surface area contributed by atoms with Gasteiger partial charge in [0, 0.05) is 18.4 Å². The van der Waals surface area contributed by atoms with Crippen molar-refractivity contribution in [2.45, 2.75) is 32.1 Å². The minimum absolute atomic E-state index is 0.180. The number of hydrogen-bond donors (Lipinski definition) is 2. The molecule has 1 amide bonds. The van der Waals surface area contributed by atoms with E-state index in [-0.39, 0.29) is 6.04 Å². The summed E-state index contributed by atoms with van der Waals surface area (Å²) >= 11 is 0. The van der Waals surface area contributed by atoms with Crippen molar-refractivity contribution in [3.05, 3.63) is 30.1 Å². The highest BCUT2D eigenvalue weighted by molar-refractivity contribution is 5.81. The van der Waals surface area contributed by atoms with Crippen LogP contribution in [0.2, 0.25) is 0 Å². The van der Waals surface area contributed by atoms with Crippen molar-refractivity contribution in [1.29, 1.82) is 0 Å². The molecular weight excluding hydrogens is 259 g/mol. The third-order valence-electron chi connectivity index (χ3n) is 2.54. The standard InChI is InChI=1S/C12H16F3N3O/c1-8(10-4-3-5-16-6-10)18-9(2)11(19)17-7-12(13,14)15/h3-6,8-9,18H,7H2,1-2H3,(H,17,19)/t8-,9?/m0/s1. The van der Waals surface area contributed by atoms with E-state index in [0.717, 1.165) is 5.56 Å². The van der Waals surface area contributed by atoms with Crippen LogP contribution < -0.4 is 10.6 Å². The molecule has 2 N–H and O–H groups in total. The zero-order chi connectivity index (χ0) is 14.5. The van der Waals surface area contributed by atoms with Gasteiger partial charge in [0.2, 0.25) is 5.91 Å². The fourth-order valence-corrected chi connectivity index (χ4v) is 1.52. The summed E-state index contributed by atoms with van der Waals surface area (Å²) in [7, 11) is 0. The predicted molar refractivity (Wildman–Crippen MR) is 64.3 cm³/mol. The number of amides is 1. The highest BCUT2D eigenvalue weighted by atomic mass is 19.4. The molecule has 0 aliphatic carbocycles. The van der Waals surface area contributed by atoms with Crippen LogP contribution >= 0.6 is 0 Å². The third-order valence-corrected chi connectivity index (χ3v) is 2.54. The predicted octanol–water partition coefficient (Wildman–Crippen LogP) is 1.80. The molecule has 1 aromatic heterocycles. The van der Waals surface area contributed by atoms with E-state index >= 15 is 0 Å². The number of alkyl halides is 3. The smallest absolute Gasteiger partial charge is 0.346 e. The lowest BCUT2D eigenvalue weighted by Crippen LogP contribution is -2.45. The van der Waals surface area contributed by atoms with Crippen molar-refractivity contribution in [2.75, 3.05) is 6.54 Å². The Hall–Kier alpha value is -1.63. The molecule has 7 heteroatoms. The van der Waals surface area contributed by atoms with Gasteiger partial charge in [-0.25, -0.2) is 0 Å². The Labute approximate surface area is 109 Å². The van der Waals surface area contributed by atoms with Gasteiger partial charge >= 0.3 is 6.18 Å². The number of halogens is 3. The van der Waals surface area contributed by atoms with Crippen LogP contribution in [0.15, 0.2) is 24.5 Å². The molecule has 4 nitrogen and oxygen atoms in total. The molecule has 1 heterocycles.